The summed E-state index contributed by atoms with van der Waals surface area (Å²) in [5, 5.41) is 4.84. The Kier molecular flexibility index (Phi) is 9.50. The highest BCUT2D eigenvalue weighted by atomic mass is 15.0. The fourth-order valence-electron chi connectivity index (χ4n) is 9.39. The third kappa shape index (κ3) is 7.06. The van der Waals surface area contributed by atoms with E-state index in [1.54, 1.807) is 0 Å². The maximum Gasteiger partial charge on any atom is 0.160 e. The molecule has 0 saturated heterocycles. The average molecular weight is 828 g/mol. The molecule has 0 fully saturated rings. The number of nitrogens with zero attached hydrogens (tertiary/aromatic N) is 3. The van der Waals surface area contributed by atoms with Gasteiger partial charge in [-0.3, -0.25) is 0 Å². The van der Waals surface area contributed by atoms with Crippen LogP contribution in [0.25, 0.3) is 117 Å². The van der Waals surface area contributed by atoms with Gasteiger partial charge in [-0.15, -0.1) is 0 Å². The molecule has 0 amide bonds. The standard InChI is InChI=1S/C62H41N3/c1-4-14-42(15-5-1)43-30-34-48(35-31-43)58-41-59(64-62(63-58)49-16-6-2-7-17-49)55-38-37-52(53-20-10-11-21-54(53)55)47-32-28-45(29-33-47)44-24-26-46(27-25-44)50-36-39-61-57(40-50)56-22-12-13-23-60(56)65(61)51-18-8-3-9-19-51/h1-41H. The van der Waals surface area contributed by atoms with E-state index in [0.717, 1.165) is 33.5 Å². The Morgan fingerprint density at radius 3 is 1.32 bits per heavy atom. The lowest BCUT2D eigenvalue weighted by Gasteiger charge is -2.14. The van der Waals surface area contributed by atoms with Crippen LogP contribution in [0, 0.1) is 0 Å². The van der Waals surface area contributed by atoms with E-state index in [2.05, 4.69) is 229 Å². The van der Waals surface area contributed by atoms with Crippen molar-refractivity contribution in [3.8, 4) is 84.1 Å². The van der Waals surface area contributed by atoms with Crippen molar-refractivity contribution in [1.29, 1.82) is 0 Å². The van der Waals surface area contributed by atoms with Crippen LogP contribution in [0.3, 0.4) is 0 Å². The van der Waals surface area contributed by atoms with Crippen molar-refractivity contribution in [3.63, 3.8) is 0 Å². The van der Waals surface area contributed by atoms with Gasteiger partial charge in [-0.1, -0.05) is 212 Å². The van der Waals surface area contributed by atoms with E-state index in [1.165, 1.54) is 77.4 Å². The SMILES string of the molecule is c1ccc(-c2ccc(-c3cc(-c4ccc(-c5ccc(-c6ccc(-c7ccc8c(c7)c7ccccc7n8-c7ccccc7)cc6)cc5)c5ccccc45)nc(-c4ccccc4)n3)cc2)cc1. The van der Waals surface area contributed by atoms with Crippen molar-refractivity contribution in [1.82, 2.24) is 14.5 Å². The fourth-order valence-corrected chi connectivity index (χ4v) is 9.39. The summed E-state index contributed by atoms with van der Waals surface area (Å²) < 4.78 is 2.36. The minimum atomic E-state index is 0.704. The molecule has 3 heteroatoms. The summed E-state index contributed by atoms with van der Waals surface area (Å²) in [6.07, 6.45) is 0. The van der Waals surface area contributed by atoms with Crippen LogP contribution in [-0.4, -0.2) is 14.5 Å². The summed E-state index contributed by atoms with van der Waals surface area (Å²) in [5.74, 6) is 0.704. The van der Waals surface area contributed by atoms with Crippen molar-refractivity contribution < 1.29 is 0 Å². The fraction of sp³-hybridized carbons (Fsp3) is 0. The second-order valence-corrected chi connectivity index (χ2v) is 16.6. The van der Waals surface area contributed by atoms with Gasteiger partial charge in [0.15, 0.2) is 5.82 Å². The van der Waals surface area contributed by atoms with E-state index in [9.17, 15) is 0 Å². The Morgan fingerprint density at radius 2 is 0.677 bits per heavy atom. The second kappa shape index (κ2) is 16.2. The van der Waals surface area contributed by atoms with Crippen LogP contribution in [0.5, 0.6) is 0 Å². The van der Waals surface area contributed by atoms with Crippen LogP contribution < -0.4 is 0 Å². The van der Waals surface area contributed by atoms with Crippen LogP contribution in [0.1, 0.15) is 0 Å². The molecular formula is C62H41N3. The first-order valence-electron chi connectivity index (χ1n) is 22.1. The normalized spacial score (nSPS) is 11.4. The van der Waals surface area contributed by atoms with E-state index < -0.39 is 0 Å². The molecule has 0 spiro atoms. The van der Waals surface area contributed by atoms with Gasteiger partial charge < -0.3 is 4.57 Å². The Balaban J connectivity index is 0.856. The molecule has 2 aromatic heterocycles. The van der Waals surface area contributed by atoms with Crippen molar-refractivity contribution in [2.75, 3.05) is 0 Å². The first-order valence-corrected chi connectivity index (χ1v) is 22.1. The summed E-state index contributed by atoms with van der Waals surface area (Å²) in [5.41, 5.74) is 18.0. The Morgan fingerprint density at radius 1 is 0.246 bits per heavy atom. The maximum absolute atomic E-state index is 5.21. The van der Waals surface area contributed by atoms with Crippen molar-refractivity contribution in [2.45, 2.75) is 0 Å². The Hall–Kier alpha value is -8.66. The molecule has 304 valence electrons. The van der Waals surface area contributed by atoms with Gasteiger partial charge in [0.1, 0.15) is 0 Å². The van der Waals surface area contributed by atoms with E-state index in [-0.39, 0.29) is 0 Å². The molecule has 12 rings (SSSR count). The molecule has 0 N–H and O–H groups in total. The highest BCUT2D eigenvalue weighted by molar-refractivity contribution is 6.10. The summed E-state index contributed by atoms with van der Waals surface area (Å²) in [6.45, 7) is 0. The lowest BCUT2D eigenvalue weighted by molar-refractivity contribution is 1.18. The summed E-state index contributed by atoms with van der Waals surface area (Å²) in [6, 6.07) is 88.8. The molecule has 0 aliphatic carbocycles. The number of hydrogen-bond acceptors (Lipinski definition) is 2. The molecule has 12 aromatic rings. The lowest BCUT2D eigenvalue weighted by atomic mass is 9.92. The van der Waals surface area contributed by atoms with Gasteiger partial charge in [0.25, 0.3) is 0 Å². The van der Waals surface area contributed by atoms with Crippen molar-refractivity contribution >= 4 is 32.6 Å². The van der Waals surface area contributed by atoms with Gasteiger partial charge in [-0.2, -0.15) is 0 Å². The van der Waals surface area contributed by atoms with Gasteiger partial charge in [-0.25, -0.2) is 9.97 Å². The van der Waals surface area contributed by atoms with Crippen LogP contribution >= 0.6 is 0 Å². The number of benzene rings is 10. The highest BCUT2D eigenvalue weighted by Crippen LogP contribution is 2.39. The zero-order valence-corrected chi connectivity index (χ0v) is 35.5. The zero-order valence-electron chi connectivity index (χ0n) is 35.5. The topological polar surface area (TPSA) is 30.7 Å². The largest absolute Gasteiger partial charge is 0.309 e. The molecule has 0 aliphatic rings. The van der Waals surface area contributed by atoms with Crippen LogP contribution in [0.15, 0.2) is 249 Å². The van der Waals surface area contributed by atoms with E-state index in [4.69, 9.17) is 9.97 Å². The first kappa shape index (κ1) is 38.0. The van der Waals surface area contributed by atoms with E-state index >= 15 is 0 Å². The average Bonchev–Trinajstić information content (AvgIpc) is 3.73. The van der Waals surface area contributed by atoms with Gasteiger partial charge in [0, 0.05) is 33.2 Å². The van der Waals surface area contributed by atoms with Crippen molar-refractivity contribution in [2.24, 2.45) is 0 Å². The van der Waals surface area contributed by atoms with E-state index in [0.29, 0.717) is 5.82 Å². The monoisotopic (exact) mass is 827 g/mol. The highest BCUT2D eigenvalue weighted by Gasteiger charge is 2.16. The summed E-state index contributed by atoms with van der Waals surface area (Å²) in [7, 11) is 0. The number of aromatic nitrogens is 3. The summed E-state index contributed by atoms with van der Waals surface area (Å²) >= 11 is 0. The summed E-state index contributed by atoms with van der Waals surface area (Å²) in [4.78, 5) is 10.3. The molecule has 2 heterocycles. The van der Waals surface area contributed by atoms with Crippen LogP contribution in [0.2, 0.25) is 0 Å². The Bertz CT molecular complexity index is 3650. The third-order valence-electron chi connectivity index (χ3n) is 12.7. The molecule has 0 unspecified atom stereocenters. The number of hydrogen-bond donors (Lipinski definition) is 0. The minimum absolute atomic E-state index is 0.704. The van der Waals surface area contributed by atoms with Crippen LogP contribution in [0.4, 0.5) is 0 Å². The first-order chi connectivity index (χ1) is 32.2. The molecule has 3 nitrogen and oxygen atoms in total. The third-order valence-corrected chi connectivity index (χ3v) is 12.7. The number of rotatable bonds is 8. The lowest BCUT2D eigenvalue weighted by Crippen LogP contribution is -1.96. The zero-order chi connectivity index (χ0) is 43.1. The molecule has 0 bridgehead atoms. The maximum atomic E-state index is 5.21. The molecule has 10 aromatic carbocycles. The molecule has 0 radical (unpaired) electrons. The van der Waals surface area contributed by atoms with Gasteiger partial charge in [-0.05, 0) is 91.7 Å². The molecule has 0 saturated carbocycles. The van der Waals surface area contributed by atoms with Crippen LogP contribution in [-0.2, 0) is 0 Å². The van der Waals surface area contributed by atoms with Crippen molar-refractivity contribution in [3.05, 3.63) is 249 Å². The number of fused-ring (bicyclic) bond motifs is 4. The number of para-hydroxylation sites is 2. The molecular weight excluding hydrogens is 787 g/mol. The van der Waals surface area contributed by atoms with Gasteiger partial charge in [0.2, 0.25) is 0 Å². The predicted molar refractivity (Wildman–Crippen MR) is 272 cm³/mol. The smallest absolute Gasteiger partial charge is 0.160 e. The quantitative estimate of drug-likeness (QED) is 0.153. The molecule has 0 aliphatic heterocycles. The Labute approximate surface area is 378 Å². The molecule has 65 heavy (non-hydrogen) atoms. The molecule has 0 atom stereocenters. The second-order valence-electron chi connectivity index (χ2n) is 16.6. The van der Waals surface area contributed by atoms with E-state index in [1.807, 2.05) is 24.3 Å². The predicted octanol–water partition coefficient (Wildman–Crippen LogP) is 16.4. The van der Waals surface area contributed by atoms with Gasteiger partial charge >= 0.3 is 0 Å². The van der Waals surface area contributed by atoms with Gasteiger partial charge in [0.05, 0.1) is 22.4 Å². The minimum Gasteiger partial charge on any atom is -0.309 e.